The lowest BCUT2D eigenvalue weighted by Gasteiger charge is -2.42. The molecule has 0 aromatic heterocycles. The molecular formula is C14H25N3O3. The molecule has 2 aliphatic rings. The molecule has 0 radical (unpaired) electrons. The maximum atomic E-state index is 11.7. The summed E-state index contributed by atoms with van der Waals surface area (Å²) in [6.07, 6.45) is 5.43. The van der Waals surface area contributed by atoms with Gasteiger partial charge in [-0.05, 0) is 38.1 Å². The predicted molar refractivity (Wildman–Crippen MR) is 75.6 cm³/mol. The molecule has 2 amide bonds. The Bertz CT molecular complexity index is 352. The number of urea groups is 1. The van der Waals surface area contributed by atoms with Gasteiger partial charge in [0.1, 0.15) is 0 Å². The molecule has 20 heavy (non-hydrogen) atoms. The summed E-state index contributed by atoms with van der Waals surface area (Å²) in [5, 5.41) is 14.7. The number of likely N-dealkylation sites (N-methyl/N-ethyl adjacent to an activating group) is 1. The Hall–Kier alpha value is -1.30. The molecule has 0 aromatic carbocycles. The van der Waals surface area contributed by atoms with Crippen molar-refractivity contribution in [2.75, 3.05) is 19.6 Å². The molecule has 0 aliphatic heterocycles. The first-order valence-corrected chi connectivity index (χ1v) is 7.58. The van der Waals surface area contributed by atoms with Gasteiger partial charge in [-0.2, -0.15) is 0 Å². The van der Waals surface area contributed by atoms with Gasteiger partial charge in [-0.15, -0.1) is 0 Å². The average Bonchev–Trinajstić information content (AvgIpc) is 2.28. The summed E-state index contributed by atoms with van der Waals surface area (Å²) in [5.74, 6) is -0.123. The van der Waals surface area contributed by atoms with Crippen LogP contribution in [0, 0.1) is 5.92 Å². The fraction of sp³-hybridized carbons (Fsp3) is 0.857. The van der Waals surface area contributed by atoms with Gasteiger partial charge < -0.3 is 15.7 Å². The number of hydrogen-bond donors (Lipinski definition) is 3. The van der Waals surface area contributed by atoms with E-state index in [-0.39, 0.29) is 24.7 Å². The number of carbonyl (C=O) groups is 2. The molecule has 2 fully saturated rings. The van der Waals surface area contributed by atoms with E-state index < -0.39 is 5.97 Å². The number of nitrogens with one attached hydrogen (secondary N) is 2. The minimum atomic E-state index is -0.790. The van der Waals surface area contributed by atoms with Crippen LogP contribution in [0.15, 0.2) is 0 Å². The average molecular weight is 283 g/mol. The standard InChI is InChI=1S/C14H25N3O3/c1-2-17(9-13(18)19)12-6-11(7-12)16-14(20)15-8-10-4-3-5-10/h10-12H,2-9H2,1H3,(H,18,19)(H2,15,16,20). The van der Waals surface area contributed by atoms with Gasteiger partial charge in [-0.1, -0.05) is 13.3 Å². The van der Waals surface area contributed by atoms with E-state index >= 15 is 0 Å². The van der Waals surface area contributed by atoms with Crippen LogP contribution in [0.5, 0.6) is 0 Å². The first-order chi connectivity index (χ1) is 9.58. The zero-order valence-corrected chi connectivity index (χ0v) is 12.1. The van der Waals surface area contributed by atoms with E-state index in [4.69, 9.17) is 5.11 Å². The van der Waals surface area contributed by atoms with Crippen LogP contribution < -0.4 is 10.6 Å². The van der Waals surface area contributed by atoms with Gasteiger partial charge in [0.25, 0.3) is 0 Å². The maximum absolute atomic E-state index is 11.7. The highest BCUT2D eigenvalue weighted by Crippen LogP contribution is 2.26. The zero-order valence-electron chi connectivity index (χ0n) is 12.1. The van der Waals surface area contributed by atoms with Crippen molar-refractivity contribution >= 4 is 12.0 Å². The fourth-order valence-electron chi connectivity index (χ4n) is 2.85. The lowest BCUT2D eigenvalue weighted by atomic mass is 9.85. The summed E-state index contributed by atoms with van der Waals surface area (Å²) in [6.45, 7) is 3.57. The number of hydrogen-bond acceptors (Lipinski definition) is 3. The topological polar surface area (TPSA) is 81.7 Å². The fourth-order valence-corrected chi connectivity index (χ4v) is 2.85. The third-order valence-electron chi connectivity index (χ3n) is 4.49. The zero-order chi connectivity index (χ0) is 14.5. The monoisotopic (exact) mass is 283 g/mol. The quantitative estimate of drug-likeness (QED) is 0.651. The van der Waals surface area contributed by atoms with Crippen LogP contribution in [0.1, 0.15) is 39.0 Å². The van der Waals surface area contributed by atoms with E-state index in [1.807, 2.05) is 11.8 Å². The van der Waals surface area contributed by atoms with Gasteiger partial charge in [0.15, 0.2) is 0 Å². The highest BCUT2D eigenvalue weighted by molar-refractivity contribution is 5.74. The van der Waals surface area contributed by atoms with Crippen LogP contribution in [0.3, 0.4) is 0 Å². The van der Waals surface area contributed by atoms with E-state index in [1.54, 1.807) is 0 Å². The highest BCUT2D eigenvalue weighted by atomic mass is 16.4. The van der Waals surface area contributed by atoms with Gasteiger partial charge in [0.2, 0.25) is 0 Å². The summed E-state index contributed by atoms with van der Waals surface area (Å²) in [4.78, 5) is 24.4. The van der Waals surface area contributed by atoms with E-state index in [0.29, 0.717) is 5.92 Å². The van der Waals surface area contributed by atoms with Crippen LogP contribution in [0.4, 0.5) is 4.79 Å². The van der Waals surface area contributed by atoms with E-state index in [1.165, 1.54) is 19.3 Å². The largest absolute Gasteiger partial charge is 0.480 e. The van der Waals surface area contributed by atoms with Crippen LogP contribution in [0.25, 0.3) is 0 Å². The molecule has 2 aliphatic carbocycles. The summed E-state index contributed by atoms with van der Waals surface area (Å²) in [5.41, 5.74) is 0. The SMILES string of the molecule is CCN(CC(=O)O)C1CC(NC(=O)NCC2CCC2)C1. The minimum absolute atomic E-state index is 0.0818. The third kappa shape index (κ3) is 4.10. The number of carbonyl (C=O) groups excluding carboxylic acids is 1. The summed E-state index contributed by atoms with van der Waals surface area (Å²) < 4.78 is 0. The number of nitrogens with zero attached hydrogens (tertiary/aromatic N) is 1. The molecule has 2 saturated carbocycles. The molecule has 0 atom stereocenters. The van der Waals surface area contributed by atoms with Gasteiger partial charge in [0, 0.05) is 18.6 Å². The molecular weight excluding hydrogens is 258 g/mol. The summed E-state index contributed by atoms with van der Waals surface area (Å²) in [6, 6.07) is 0.388. The lowest BCUT2D eigenvalue weighted by Crippen LogP contribution is -2.56. The van der Waals surface area contributed by atoms with Gasteiger partial charge in [-0.25, -0.2) is 4.79 Å². The van der Waals surface area contributed by atoms with Gasteiger partial charge >= 0.3 is 12.0 Å². The summed E-state index contributed by atoms with van der Waals surface area (Å²) in [7, 11) is 0. The van der Waals surface area contributed by atoms with Crippen LogP contribution in [-0.4, -0.2) is 53.7 Å². The number of rotatable bonds is 7. The van der Waals surface area contributed by atoms with Crippen molar-refractivity contribution in [2.45, 2.75) is 51.1 Å². The van der Waals surface area contributed by atoms with E-state index in [2.05, 4.69) is 10.6 Å². The smallest absolute Gasteiger partial charge is 0.317 e. The van der Waals surface area contributed by atoms with Crippen molar-refractivity contribution in [2.24, 2.45) is 5.92 Å². The molecule has 2 rings (SSSR count). The highest BCUT2D eigenvalue weighted by Gasteiger charge is 2.34. The molecule has 3 N–H and O–H groups in total. The molecule has 0 spiro atoms. The minimum Gasteiger partial charge on any atom is -0.480 e. The van der Waals surface area contributed by atoms with Crippen molar-refractivity contribution in [1.82, 2.24) is 15.5 Å². The van der Waals surface area contributed by atoms with E-state index in [9.17, 15) is 9.59 Å². The Morgan fingerprint density at radius 1 is 1.30 bits per heavy atom. The lowest BCUT2D eigenvalue weighted by molar-refractivity contribution is -0.139. The first kappa shape index (κ1) is 15.1. The van der Waals surface area contributed by atoms with Gasteiger partial charge in [0.05, 0.1) is 6.54 Å². The summed E-state index contributed by atoms with van der Waals surface area (Å²) >= 11 is 0. The van der Waals surface area contributed by atoms with Crippen molar-refractivity contribution in [3.63, 3.8) is 0 Å². The molecule has 0 unspecified atom stereocenters. The molecule has 0 heterocycles. The van der Waals surface area contributed by atoms with E-state index in [0.717, 1.165) is 25.9 Å². The Kier molecular flexibility index (Phi) is 5.23. The maximum Gasteiger partial charge on any atom is 0.317 e. The second kappa shape index (κ2) is 6.92. The number of aliphatic carboxylic acids is 1. The Morgan fingerprint density at radius 3 is 2.50 bits per heavy atom. The second-order valence-corrected chi connectivity index (χ2v) is 5.93. The van der Waals surface area contributed by atoms with Crippen molar-refractivity contribution in [3.05, 3.63) is 0 Å². The molecule has 0 bridgehead atoms. The molecule has 6 nitrogen and oxygen atoms in total. The molecule has 0 saturated heterocycles. The van der Waals surface area contributed by atoms with Crippen molar-refractivity contribution in [1.29, 1.82) is 0 Å². The molecule has 114 valence electrons. The number of amides is 2. The molecule has 0 aromatic rings. The molecule has 6 heteroatoms. The Balaban J connectivity index is 1.60. The Morgan fingerprint density at radius 2 is 2.00 bits per heavy atom. The normalized spacial score (nSPS) is 25.7. The number of carboxylic acids is 1. The van der Waals surface area contributed by atoms with Crippen LogP contribution in [0.2, 0.25) is 0 Å². The van der Waals surface area contributed by atoms with Crippen LogP contribution >= 0.6 is 0 Å². The van der Waals surface area contributed by atoms with Crippen molar-refractivity contribution in [3.8, 4) is 0 Å². The predicted octanol–water partition coefficient (Wildman–Crippen LogP) is 1.02. The first-order valence-electron chi connectivity index (χ1n) is 7.58. The third-order valence-corrected chi connectivity index (χ3v) is 4.49. The van der Waals surface area contributed by atoms with Crippen molar-refractivity contribution < 1.29 is 14.7 Å². The Labute approximate surface area is 119 Å². The second-order valence-electron chi connectivity index (χ2n) is 5.93. The van der Waals surface area contributed by atoms with Gasteiger partial charge in [-0.3, -0.25) is 9.69 Å². The number of carboxylic acid groups (broad SMARTS) is 1. The van der Waals surface area contributed by atoms with Crippen LogP contribution in [-0.2, 0) is 4.79 Å².